The van der Waals surface area contributed by atoms with Crippen LogP contribution >= 0.6 is 27.7 Å². The van der Waals surface area contributed by atoms with Crippen LogP contribution in [0.1, 0.15) is 6.42 Å². The number of H-pyrrole nitrogens is 1. The van der Waals surface area contributed by atoms with Crippen LogP contribution in [0.3, 0.4) is 0 Å². The summed E-state index contributed by atoms with van der Waals surface area (Å²) in [6, 6.07) is 13.3. The number of rotatable bonds is 6. The van der Waals surface area contributed by atoms with Crippen LogP contribution in [-0.2, 0) is 9.59 Å². The number of carbonyl (C=O) groups is 2. The van der Waals surface area contributed by atoms with Crippen LogP contribution in [0.2, 0.25) is 0 Å². The van der Waals surface area contributed by atoms with E-state index in [0.717, 1.165) is 20.3 Å². The minimum absolute atomic E-state index is 0.119. The molecule has 1 saturated heterocycles. The largest absolute Gasteiger partial charge is 0.382 e. The Bertz CT molecular complexity index is 1060. The number of aliphatic hydroxyl groups excluding tert-OH is 1. The van der Waals surface area contributed by atoms with Gasteiger partial charge in [-0.1, -0.05) is 15.9 Å². The average Bonchev–Trinajstić information content (AvgIpc) is 3.42. The Hall–Kier alpha value is -2.36. The second-order valence-corrected chi connectivity index (χ2v) is 9.22. The number of likely N-dealkylation sites (tertiary alicyclic amines) is 1. The topological polar surface area (TPSA) is 98.3 Å². The van der Waals surface area contributed by atoms with Gasteiger partial charge in [-0.05, 0) is 48.9 Å². The Morgan fingerprint density at radius 3 is 2.90 bits per heavy atom. The number of aromatic nitrogens is 2. The van der Waals surface area contributed by atoms with Gasteiger partial charge >= 0.3 is 0 Å². The number of carbonyl (C=O) groups excluding carboxylic acids is 2. The number of hydrogen-bond acceptors (Lipinski definition) is 5. The Labute approximate surface area is 186 Å². The van der Waals surface area contributed by atoms with E-state index in [9.17, 15) is 14.7 Å². The van der Waals surface area contributed by atoms with Crippen LogP contribution in [0.15, 0.2) is 58.0 Å². The lowest BCUT2D eigenvalue weighted by molar-refractivity contribution is -0.138. The number of aromatic amines is 1. The number of aliphatic hydroxyl groups is 1. The molecule has 9 heteroatoms. The summed E-state index contributed by atoms with van der Waals surface area (Å²) in [6.07, 6.45) is 1.19. The number of fused-ring (bicyclic) bond motifs is 1. The van der Waals surface area contributed by atoms with Gasteiger partial charge < -0.3 is 15.3 Å². The van der Waals surface area contributed by atoms with Gasteiger partial charge in [0.2, 0.25) is 5.91 Å². The van der Waals surface area contributed by atoms with Gasteiger partial charge in [0.1, 0.15) is 6.10 Å². The van der Waals surface area contributed by atoms with Crippen LogP contribution in [0, 0.1) is 5.92 Å². The summed E-state index contributed by atoms with van der Waals surface area (Å²) in [4.78, 5) is 27.8. The van der Waals surface area contributed by atoms with Crippen molar-refractivity contribution in [2.24, 2.45) is 5.92 Å². The van der Waals surface area contributed by atoms with Gasteiger partial charge in [-0.2, -0.15) is 5.10 Å². The predicted octanol–water partition coefficient (Wildman–Crippen LogP) is 3.27. The van der Waals surface area contributed by atoms with Crippen molar-refractivity contribution in [2.75, 3.05) is 24.2 Å². The van der Waals surface area contributed by atoms with E-state index >= 15 is 0 Å². The minimum atomic E-state index is -1.09. The summed E-state index contributed by atoms with van der Waals surface area (Å²) >= 11 is 4.81. The molecule has 0 saturated carbocycles. The molecule has 2 aromatic carbocycles. The molecule has 1 unspecified atom stereocenters. The lowest BCUT2D eigenvalue weighted by Gasteiger charge is -2.20. The molecule has 1 fully saturated rings. The molecule has 0 aliphatic carbocycles. The molecule has 2 heterocycles. The van der Waals surface area contributed by atoms with Crippen LogP contribution in [0.5, 0.6) is 0 Å². The first-order chi connectivity index (χ1) is 14.5. The highest BCUT2D eigenvalue weighted by Crippen LogP contribution is 2.24. The number of benzene rings is 2. The third kappa shape index (κ3) is 4.85. The maximum Gasteiger partial charge on any atom is 0.252 e. The predicted molar refractivity (Wildman–Crippen MR) is 120 cm³/mol. The van der Waals surface area contributed by atoms with Crippen molar-refractivity contribution < 1.29 is 14.7 Å². The van der Waals surface area contributed by atoms with E-state index in [2.05, 4.69) is 31.4 Å². The smallest absolute Gasteiger partial charge is 0.252 e. The second-order valence-electron chi connectivity index (χ2n) is 7.21. The SMILES string of the molecule is O=C(Nc1ccc2[nH]ncc2c1)C1CCN(C(=O)[C@@H](O)CSc2ccc(Br)cc2)C1. The van der Waals surface area contributed by atoms with Crippen LogP contribution in [-0.4, -0.2) is 57.0 Å². The third-order valence-electron chi connectivity index (χ3n) is 5.09. The van der Waals surface area contributed by atoms with Gasteiger partial charge in [0.25, 0.3) is 5.91 Å². The van der Waals surface area contributed by atoms with E-state index in [1.165, 1.54) is 11.8 Å². The fourth-order valence-electron chi connectivity index (χ4n) is 3.43. The third-order valence-corrected chi connectivity index (χ3v) is 6.70. The van der Waals surface area contributed by atoms with E-state index in [0.29, 0.717) is 25.2 Å². The quantitative estimate of drug-likeness (QED) is 0.462. The number of nitrogens with zero attached hydrogens (tertiary/aromatic N) is 2. The van der Waals surface area contributed by atoms with Gasteiger partial charge in [-0.15, -0.1) is 11.8 Å². The molecule has 1 aliphatic heterocycles. The summed E-state index contributed by atoms with van der Waals surface area (Å²) < 4.78 is 0.981. The van der Waals surface area contributed by atoms with Gasteiger partial charge in [0.05, 0.1) is 17.6 Å². The van der Waals surface area contributed by atoms with E-state index in [1.807, 2.05) is 42.5 Å². The lowest BCUT2D eigenvalue weighted by Crippen LogP contribution is -2.39. The first kappa shape index (κ1) is 20.9. The summed E-state index contributed by atoms with van der Waals surface area (Å²) in [6.45, 7) is 0.788. The van der Waals surface area contributed by atoms with Crippen molar-refractivity contribution >= 4 is 56.1 Å². The van der Waals surface area contributed by atoms with Crippen molar-refractivity contribution in [2.45, 2.75) is 17.4 Å². The van der Waals surface area contributed by atoms with Gasteiger partial charge in [0.15, 0.2) is 0 Å². The van der Waals surface area contributed by atoms with Crippen LogP contribution in [0.25, 0.3) is 10.9 Å². The summed E-state index contributed by atoms with van der Waals surface area (Å²) in [5.74, 6) is -0.458. The molecular formula is C21H21BrN4O3S. The molecule has 3 N–H and O–H groups in total. The molecule has 0 radical (unpaired) electrons. The molecule has 2 amide bonds. The normalized spacial score (nSPS) is 17.3. The highest BCUT2D eigenvalue weighted by molar-refractivity contribution is 9.10. The summed E-state index contributed by atoms with van der Waals surface area (Å²) in [5.41, 5.74) is 1.60. The van der Waals surface area contributed by atoms with Crippen LogP contribution in [0.4, 0.5) is 5.69 Å². The summed E-state index contributed by atoms with van der Waals surface area (Å²) in [7, 11) is 0. The molecule has 4 rings (SSSR count). The van der Waals surface area contributed by atoms with Crippen LogP contribution < -0.4 is 5.32 Å². The number of thioether (sulfide) groups is 1. The van der Waals surface area contributed by atoms with Crippen molar-refractivity contribution in [1.82, 2.24) is 15.1 Å². The van der Waals surface area contributed by atoms with Gasteiger partial charge in [0, 0.05) is 39.3 Å². The van der Waals surface area contributed by atoms with Crippen molar-refractivity contribution in [3.8, 4) is 0 Å². The molecule has 0 bridgehead atoms. The first-order valence-corrected chi connectivity index (χ1v) is 11.4. The van der Waals surface area contributed by atoms with E-state index < -0.39 is 6.10 Å². The van der Waals surface area contributed by atoms with E-state index in [-0.39, 0.29) is 23.5 Å². The number of halogens is 1. The molecule has 1 aliphatic rings. The number of anilines is 1. The number of nitrogens with one attached hydrogen (secondary N) is 2. The Morgan fingerprint density at radius 2 is 2.10 bits per heavy atom. The number of hydrogen-bond donors (Lipinski definition) is 3. The molecule has 156 valence electrons. The fourth-order valence-corrected chi connectivity index (χ4v) is 4.51. The van der Waals surface area contributed by atoms with Gasteiger partial charge in [-0.25, -0.2) is 0 Å². The first-order valence-electron chi connectivity index (χ1n) is 9.59. The highest BCUT2D eigenvalue weighted by atomic mass is 79.9. The zero-order chi connectivity index (χ0) is 21.1. The Balaban J connectivity index is 1.28. The Kier molecular flexibility index (Phi) is 6.40. The molecular weight excluding hydrogens is 468 g/mol. The lowest BCUT2D eigenvalue weighted by atomic mass is 10.1. The molecule has 30 heavy (non-hydrogen) atoms. The zero-order valence-electron chi connectivity index (χ0n) is 16.0. The average molecular weight is 489 g/mol. The Morgan fingerprint density at radius 1 is 1.30 bits per heavy atom. The fraction of sp³-hybridized carbons (Fsp3) is 0.286. The van der Waals surface area contributed by atoms with Crippen molar-refractivity contribution in [3.63, 3.8) is 0 Å². The maximum atomic E-state index is 12.6. The van der Waals surface area contributed by atoms with E-state index in [1.54, 1.807) is 11.1 Å². The molecule has 1 aromatic heterocycles. The molecule has 3 aromatic rings. The van der Waals surface area contributed by atoms with Crippen molar-refractivity contribution in [1.29, 1.82) is 0 Å². The second kappa shape index (κ2) is 9.20. The maximum absolute atomic E-state index is 12.6. The monoisotopic (exact) mass is 488 g/mol. The van der Waals surface area contributed by atoms with Crippen molar-refractivity contribution in [3.05, 3.63) is 53.1 Å². The van der Waals surface area contributed by atoms with Gasteiger partial charge in [-0.3, -0.25) is 14.7 Å². The molecule has 0 spiro atoms. The minimum Gasteiger partial charge on any atom is -0.382 e. The summed E-state index contributed by atoms with van der Waals surface area (Å²) in [5, 5.41) is 21.0. The molecule has 7 nitrogen and oxygen atoms in total. The molecule has 2 atom stereocenters. The number of amides is 2. The highest BCUT2D eigenvalue weighted by Gasteiger charge is 2.33. The van der Waals surface area contributed by atoms with E-state index in [4.69, 9.17) is 0 Å². The zero-order valence-corrected chi connectivity index (χ0v) is 18.4. The standard InChI is InChI=1S/C21H21BrN4O3S/c22-15-1-4-17(5-2-15)30-12-19(27)21(29)26-8-7-13(11-26)20(28)24-16-3-6-18-14(9-16)10-23-25-18/h1-6,9-10,13,19,27H,7-8,11-12H2,(H,23,25)(H,24,28)/t13?,19-/m0/s1.